The third kappa shape index (κ3) is 6.88. The van der Waals surface area contributed by atoms with Crippen LogP contribution >= 0.6 is 0 Å². The highest BCUT2D eigenvalue weighted by Crippen LogP contribution is 2.18. The molecule has 0 bridgehead atoms. The van der Waals surface area contributed by atoms with Crippen LogP contribution in [-0.2, 0) is 14.3 Å². The van der Waals surface area contributed by atoms with Gasteiger partial charge >= 0.3 is 6.09 Å². The van der Waals surface area contributed by atoms with E-state index in [-0.39, 0.29) is 19.6 Å². The van der Waals surface area contributed by atoms with Crippen LogP contribution in [0.1, 0.15) is 27.2 Å². The van der Waals surface area contributed by atoms with Crippen LogP contribution in [0.3, 0.4) is 0 Å². The second-order valence-electron chi connectivity index (χ2n) is 6.76. The van der Waals surface area contributed by atoms with E-state index in [4.69, 9.17) is 21.0 Å². The van der Waals surface area contributed by atoms with E-state index in [1.54, 1.807) is 20.8 Å². The average molecular weight is 358 g/mol. The monoisotopic (exact) mass is 358 g/mol. The van der Waals surface area contributed by atoms with Gasteiger partial charge in [-0.3, -0.25) is 9.69 Å². The van der Waals surface area contributed by atoms with Crippen molar-refractivity contribution in [2.45, 2.75) is 57.3 Å². The van der Waals surface area contributed by atoms with E-state index in [0.29, 0.717) is 0 Å². The Morgan fingerprint density at radius 2 is 2.04 bits per heavy atom. The standard InChI is InChI=1S/C16H26N2O7/c1-5-6-18(15(23)25-16(2,3)4)8-12(21)17-14-13(22)11(20)7-10(9-19)24-14/h1,10-11,13-14,19-20,22H,6-9H2,2-4H3,(H,17,21)/t10-,11-,13+,14+/m0/s1. The first kappa shape index (κ1) is 21.2. The lowest BCUT2D eigenvalue weighted by Crippen LogP contribution is -2.58. The number of rotatable bonds is 5. The van der Waals surface area contributed by atoms with Gasteiger partial charge in [-0.15, -0.1) is 6.42 Å². The summed E-state index contributed by atoms with van der Waals surface area (Å²) >= 11 is 0. The zero-order chi connectivity index (χ0) is 19.2. The molecule has 1 heterocycles. The van der Waals surface area contributed by atoms with Crippen molar-refractivity contribution < 1.29 is 34.4 Å². The maximum atomic E-state index is 12.1. The number of nitrogens with one attached hydrogen (secondary N) is 1. The number of aliphatic hydroxyl groups excluding tert-OH is 3. The molecule has 2 amide bonds. The van der Waals surface area contributed by atoms with Crippen LogP contribution in [0, 0.1) is 12.3 Å². The molecule has 0 aromatic carbocycles. The molecule has 142 valence electrons. The van der Waals surface area contributed by atoms with E-state index < -0.39 is 48.7 Å². The summed E-state index contributed by atoms with van der Waals surface area (Å²) in [6.07, 6.45) is 0.0847. The van der Waals surface area contributed by atoms with Crippen LogP contribution in [0.2, 0.25) is 0 Å². The van der Waals surface area contributed by atoms with Crippen LogP contribution in [0.4, 0.5) is 4.79 Å². The number of aliphatic hydroxyl groups is 3. The van der Waals surface area contributed by atoms with Crippen molar-refractivity contribution >= 4 is 12.0 Å². The number of hydrogen-bond donors (Lipinski definition) is 4. The fraction of sp³-hybridized carbons (Fsp3) is 0.750. The SMILES string of the molecule is C#CCN(CC(=O)N[C@@H]1O[C@H](CO)C[C@H](O)[C@H]1O)C(=O)OC(C)(C)C. The number of ether oxygens (including phenoxy) is 2. The van der Waals surface area contributed by atoms with E-state index in [9.17, 15) is 19.8 Å². The van der Waals surface area contributed by atoms with Crippen molar-refractivity contribution in [3.8, 4) is 12.3 Å². The molecule has 1 aliphatic heterocycles. The van der Waals surface area contributed by atoms with Gasteiger partial charge in [0.25, 0.3) is 0 Å². The molecule has 0 aliphatic carbocycles. The summed E-state index contributed by atoms with van der Waals surface area (Å²) in [5.74, 6) is 1.61. The smallest absolute Gasteiger partial charge is 0.411 e. The lowest BCUT2D eigenvalue weighted by molar-refractivity contribution is -0.189. The Morgan fingerprint density at radius 1 is 1.40 bits per heavy atom. The molecular formula is C16H26N2O7. The molecular weight excluding hydrogens is 332 g/mol. The lowest BCUT2D eigenvalue weighted by atomic mass is 10.0. The molecule has 0 spiro atoms. The van der Waals surface area contributed by atoms with Crippen LogP contribution in [0.25, 0.3) is 0 Å². The highest BCUT2D eigenvalue weighted by Gasteiger charge is 2.37. The van der Waals surface area contributed by atoms with Gasteiger partial charge in [0.2, 0.25) is 5.91 Å². The van der Waals surface area contributed by atoms with E-state index >= 15 is 0 Å². The fourth-order valence-electron chi connectivity index (χ4n) is 2.19. The Hall–Kier alpha value is -1.86. The number of carbonyl (C=O) groups is 2. The molecule has 9 heteroatoms. The van der Waals surface area contributed by atoms with E-state index in [0.717, 1.165) is 4.90 Å². The first-order valence-corrected chi connectivity index (χ1v) is 7.90. The van der Waals surface area contributed by atoms with Crippen molar-refractivity contribution in [1.82, 2.24) is 10.2 Å². The Bertz CT molecular complexity index is 512. The second kappa shape index (κ2) is 9.01. The minimum Gasteiger partial charge on any atom is -0.444 e. The van der Waals surface area contributed by atoms with E-state index in [2.05, 4.69) is 11.2 Å². The molecule has 1 fully saturated rings. The summed E-state index contributed by atoms with van der Waals surface area (Å²) in [6, 6.07) is 0. The van der Waals surface area contributed by atoms with Crippen LogP contribution in [0.5, 0.6) is 0 Å². The third-order valence-corrected chi connectivity index (χ3v) is 3.32. The van der Waals surface area contributed by atoms with Gasteiger partial charge in [0.15, 0.2) is 6.23 Å². The molecule has 0 saturated carbocycles. The summed E-state index contributed by atoms with van der Waals surface area (Å²) in [6.45, 7) is 4.13. The van der Waals surface area contributed by atoms with E-state index in [1.807, 2.05) is 0 Å². The lowest BCUT2D eigenvalue weighted by Gasteiger charge is -2.37. The fourth-order valence-corrected chi connectivity index (χ4v) is 2.19. The van der Waals surface area contributed by atoms with Crippen LogP contribution in [0.15, 0.2) is 0 Å². The average Bonchev–Trinajstić information content (AvgIpc) is 2.49. The predicted octanol–water partition coefficient (Wildman–Crippen LogP) is -1.20. The maximum absolute atomic E-state index is 12.1. The summed E-state index contributed by atoms with van der Waals surface area (Å²) < 4.78 is 10.5. The van der Waals surface area contributed by atoms with Crippen LogP contribution in [-0.4, -0.2) is 82.1 Å². The Balaban J connectivity index is 2.68. The van der Waals surface area contributed by atoms with Crippen molar-refractivity contribution in [3.05, 3.63) is 0 Å². The first-order chi connectivity index (χ1) is 11.6. The highest BCUT2D eigenvalue weighted by molar-refractivity contribution is 5.82. The molecule has 0 aromatic heterocycles. The molecule has 25 heavy (non-hydrogen) atoms. The maximum Gasteiger partial charge on any atom is 0.411 e. The van der Waals surface area contributed by atoms with Crippen molar-refractivity contribution in [1.29, 1.82) is 0 Å². The molecule has 9 nitrogen and oxygen atoms in total. The van der Waals surface area contributed by atoms with Gasteiger partial charge in [0.1, 0.15) is 18.2 Å². The molecule has 0 aromatic rings. The summed E-state index contributed by atoms with van der Waals surface area (Å²) in [4.78, 5) is 25.2. The molecule has 1 aliphatic rings. The number of amides is 2. The van der Waals surface area contributed by atoms with Crippen molar-refractivity contribution in [2.75, 3.05) is 19.7 Å². The quantitative estimate of drug-likeness (QED) is 0.455. The van der Waals surface area contributed by atoms with Gasteiger partial charge in [-0.2, -0.15) is 0 Å². The molecule has 4 N–H and O–H groups in total. The van der Waals surface area contributed by atoms with E-state index in [1.165, 1.54) is 0 Å². The third-order valence-electron chi connectivity index (χ3n) is 3.32. The molecule has 0 unspecified atom stereocenters. The summed E-state index contributed by atoms with van der Waals surface area (Å²) in [5.41, 5.74) is -0.748. The largest absolute Gasteiger partial charge is 0.444 e. The summed E-state index contributed by atoms with van der Waals surface area (Å²) in [5, 5.41) is 31.1. The minimum atomic E-state index is -1.35. The summed E-state index contributed by atoms with van der Waals surface area (Å²) in [7, 11) is 0. The second-order valence-corrected chi connectivity index (χ2v) is 6.76. The first-order valence-electron chi connectivity index (χ1n) is 7.90. The predicted molar refractivity (Wildman–Crippen MR) is 87.2 cm³/mol. The topological polar surface area (TPSA) is 129 Å². The van der Waals surface area contributed by atoms with Gasteiger partial charge in [0, 0.05) is 6.42 Å². The van der Waals surface area contributed by atoms with Gasteiger partial charge in [0.05, 0.1) is 25.4 Å². The van der Waals surface area contributed by atoms with Crippen molar-refractivity contribution in [3.63, 3.8) is 0 Å². The molecule has 0 radical (unpaired) electrons. The normalized spacial score (nSPS) is 26.4. The molecule has 1 saturated heterocycles. The number of hydrogen-bond acceptors (Lipinski definition) is 7. The molecule has 1 rings (SSSR count). The van der Waals surface area contributed by atoms with Crippen molar-refractivity contribution in [2.24, 2.45) is 0 Å². The highest BCUT2D eigenvalue weighted by atomic mass is 16.6. The van der Waals surface area contributed by atoms with Gasteiger partial charge in [-0.05, 0) is 20.8 Å². The Labute approximate surface area is 146 Å². The van der Waals surface area contributed by atoms with Gasteiger partial charge in [-0.25, -0.2) is 4.79 Å². The van der Waals surface area contributed by atoms with Gasteiger partial charge in [-0.1, -0.05) is 5.92 Å². The Morgan fingerprint density at radius 3 is 2.56 bits per heavy atom. The number of terminal acetylenes is 1. The number of nitrogens with zero attached hydrogens (tertiary/aromatic N) is 1. The Kier molecular flexibility index (Phi) is 7.63. The molecule has 4 atom stereocenters. The zero-order valence-corrected chi connectivity index (χ0v) is 14.6. The van der Waals surface area contributed by atoms with Gasteiger partial charge < -0.3 is 30.1 Å². The van der Waals surface area contributed by atoms with Crippen LogP contribution < -0.4 is 5.32 Å². The zero-order valence-electron chi connectivity index (χ0n) is 14.6. The minimum absolute atomic E-state index is 0.0468. The number of carbonyl (C=O) groups excluding carboxylic acids is 2.